The smallest absolute Gasteiger partial charge is 0.409 e. The third-order valence-corrected chi connectivity index (χ3v) is 2.23. The van der Waals surface area contributed by atoms with Gasteiger partial charge in [0.2, 0.25) is 0 Å². The van der Waals surface area contributed by atoms with E-state index in [9.17, 15) is 4.79 Å². The summed E-state index contributed by atoms with van der Waals surface area (Å²) in [5, 5.41) is 0. The Kier molecular flexibility index (Phi) is 4.63. The molecule has 1 aromatic carbocycles. The van der Waals surface area contributed by atoms with Crippen LogP contribution in [0.3, 0.4) is 0 Å². The molecule has 17 heavy (non-hydrogen) atoms. The van der Waals surface area contributed by atoms with Crippen LogP contribution >= 0.6 is 0 Å². The molecule has 0 aromatic heterocycles. The minimum Gasteiger partial charge on any atom is -0.496 e. The predicted molar refractivity (Wildman–Crippen MR) is 63.4 cm³/mol. The monoisotopic (exact) mass is 238 g/mol. The minimum atomic E-state index is -0.876. The first-order valence-corrected chi connectivity index (χ1v) is 5.13. The van der Waals surface area contributed by atoms with Crippen molar-refractivity contribution in [3.05, 3.63) is 24.6 Å². The van der Waals surface area contributed by atoms with Gasteiger partial charge in [-0.05, 0) is 12.8 Å². The molecule has 0 heterocycles. The van der Waals surface area contributed by atoms with Crippen LogP contribution < -0.4 is 19.9 Å². The summed E-state index contributed by atoms with van der Waals surface area (Å²) in [5.41, 5.74) is 5.84. The molecule has 2 N–H and O–H groups in total. The largest absolute Gasteiger partial charge is 0.496 e. The third kappa shape index (κ3) is 3.27. The normalized spacial score (nSPS) is 9.82. The number of primary amides is 1. The molecule has 0 fully saturated rings. The Bertz CT molecular complexity index is 378. The maximum atomic E-state index is 10.7. The second kappa shape index (κ2) is 5.98. The molecule has 0 saturated carbocycles. The maximum absolute atomic E-state index is 10.7. The van der Waals surface area contributed by atoms with E-state index >= 15 is 0 Å². The lowest BCUT2D eigenvalue weighted by Gasteiger charge is -2.14. The van der Waals surface area contributed by atoms with Crippen LogP contribution in [0.2, 0.25) is 0 Å². The first kappa shape index (κ1) is 13.2. The molecule has 0 aliphatic heterocycles. The Morgan fingerprint density at radius 3 is 2.18 bits per heavy atom. The van der Waals surface area contributed by atoms with Crippen LogP contribution in [0.15, 0.2) is 12.1 Å². The maximum Gasteiger partial charge on any atom is 0.409 e. The fourth-order valence-corrected chi connectivity index (χ4v) is 1.56. The molecule has 0 spiro atoms. The van der Waals surface area contributed by atoms with Crippen molar-refractivity contribution in [1.82, 2.24) is 0 Å². The number of ether oxygens (including phenoxy) is 3. The van der Waals surface area contributed by atoms with Crippen molar-refractivity contribution >= 4 is 6.09 Å². The van der Waals surface area contributed by atoms with Gasteiger partial charge >= 0.3 is 6.09 Å². The van der Waals surface area contributed by atoms with E-state index in [1.54, 1.807) is 12.1 Å². The van der Waals surface area contributed by atoms with E-state index in [1.165, 1.54) is 14.2 Å². The molecule has 0 unspecified atom stereocenters. The van der Waals surface area contributed by atoms with Crippen LogP contribution in [0.4, 0.5) is 4.79 Å². The molecule has 1 radical (unpaired) electrons. The minimum absolute atomic E-state index is 0.291. The number of carbonyl (C=O) groups excluding carboxylic acids is 1. The Balaban J connectivity index is 3.18. The second-order valence-corrected chi connectivity index (χ2v) is 3.33. The lowest BCUT2D eigenvalue weighted by atomic mass is 10.1. The van der Waals surface area contributed by atoms with Crippen molar-refractivity contribution in [3.63, 3.8) is 0 Å². The summed E-state index contributed by atoms with van der Waals surface area (Å²) in [4.78, 5) is 10.7. The van der Waals surface area contributed by atoms with Crippen molar-refractivity contribution in [2.75, 3.05) is 14.2 Å². The van der Waals surface area contributed by atoms with Gasteiger partial charge in [0.25, 0.3) is 0 Å². The van der Waals surface area contributed by atoms with Crippen LogP contribution in [-0.2, 0) is 6.42 Å². The highest BCUT2D eigenvalue weighted by Gasteiger charge is 2.13. The summed E-state index contributed by atoms with van der Waals surface area (Å²) < 4.78 is 15.2. The van der Waals surface area contributed by atoms with Crippen LogP contribution in [0.5, 0.6) is 17.2 Å². The van der Waals surface area contributed by atoms with Gasteiger partial charge in [0, 0.05) is 17.7 Å². The first-order valence-electron chi connectivity index (χ1n) is 5.13. The van der Waals surface area contributed by atoms with Crippen molar-refractivity contribution in [2.45, 2.75) is 12.8 Å². The highest BCUT2D eigenvalue weighted by atomic mass is 16.5. The van der Waals surface area contributed by atoms with Gasteiger partial charge in [-0.3, -0.25) is 0 Å². The highest BCUT2D eigenvalue weighted by molar-refractivity contribution is 5.69. The lowest BCUT2D eigenvalue weighted by molar-refractivity contribution is 0.210. The van der Waals surface area contributed by atoms with E-state index in [-0.39, 0.29) is 0 Å². The topological polar surface area (TPSA) is 70.8 Å². The van der Waals surface area contributed by atoms with Gasteiger partial charge in [0.05, 0.1) is 14.2 Å². The Morgan fingerprint density at radius 2 is 1.82 bits per heavy atom. The number of hydrogen-bond donors (Lipinski definition) is 1. The first-order chi connectivity index (χ1) is 8.12. The summed E-state index contributed by atoms with van der Waals surface area (Å²) in [6, 6.07) is 3.19. The van der Waals surface area contributed by atoms with E-state index in [1.807, 2.05) is 0 Å². The number of carbonyl (C=O) groups is 1. The number of rotatable bonds is 5. The summed E-state index contributed by atoms with van der Waals surface area (Å²) in [5.74, 6) is 1.47. The van der Waals surface area contributed by atoms with Crippen molar-refractivity contribution in [1.29, 1.82) is 0 Å². The number of methoxy groups -OCH3 is 2. The Morgan fingerprint density at radius 1 is 1.29 bits per heavy atom. The van der Waals surface area contributed by atoms with E-state index < -0.39 is 6.09 Å². The SMILES string of the molecule is [CH2]CCc1c(OC)cc(OC(N)=O)cc1OC. The molecule has 1 rings (SSSR count). The number of hydrogen-bond acceptors (Lipinski definition) is 4. The van der Waals surface area contributed by atoms with Crippen LogP contribution in [0, 0.1) is 6.92 Å². The zero-order chi connectivity index (χ0) is 12.8. The summed E-state index contributed by atoms with van der Waals surface area (Å²) in [6.07, 6.45) is 0.547. The van der Waals surface area contributed by atoms with Crippen molar-refractivity contribution in [2.24, 2.45) is 5.73 Å². The fourth-order valence-electron chi connectivity index (χ4n) is 1.56. The van der Waals surface area contributed by atoms with Crippen LogP contribution in [0.1, 0.15) is 12.0 Å². The lowest BCUT2D eigenvalue weighted by Crippen LogP contribution is -2.16. The number of nitrogens with two attached hydrogens (primary N) is 1. The van der Waals surface area contributed by atoms with Gasteiger partial charge in [0.15, 0.2) is 0 Å². The van der Waals surface area contributed by atoms with Gasteiger partial charge in [-0.2, -0.15) is 0 Å². The summed E-state index contributed by atoms with van der Waals surface area (Å²) in [7, 11) is 3.07. The van der Waals surface area contributed by atoms with Crippen molar-refractivity contribution in [3.8, 4) is 17.2 Å². The van der Waals surface area contributed by atoms with E-state index in [4.69, 9.17) is 19.9 Å². The highest BCUT2D eigenvalue weighted by Crippen LogP contribution is 2.34. The van der Waals surface area contributed by atoms with E-state index in [0.29, 0.717) is 30.1 Å². The van der Waals surface area contributed by atoms with Gasteiger partial charge in [-0.25, -0.2) is 4.79 Å². The zero-order valence-corrected chi connectivity index (χ0v) is 9.99. The molecule has 5 nitrogen and oxygen atoms in total. The standard InChI is InChI=1S/C12H16NO4/c1-4-5-9-10(15-2)6-8(17-12(13)14)7-11(9)16-3/h6-7H,1,4-5H2,2-3H3,(H2,13,14). The van der Waals surface area contributed by atoms with Gasteiger partial charge < -0.3 is 19.9 Å². The van der Waals surface area contributed by atoms with E-state index in [0.717, 1.165) is 5.56 Å². The van der Waals surface area contributed by atoms with Gasteiger partial charge in [0.1, 0.15) is 17.2 Å². The van der Waals surface area contributed by atoms with E-state index in [2.05, 4.69) is 6.92 Å². The molecule has 5 heteroatoms. The summed E-state index contributed by atoms with van der Waals surface area (Å²) >= 11 is 0. The molecule has 0 saturated heterocycles. The number of benzene rings is 1. The number of amides is 1. The summed E-state index contributed by atoms with van der Waals surface area (Å²) in [6.45, 7) is 3.79. The average Bonchev–Trinajstić information content (AvgIpc) is 2.30. The molecule has 1 amide bonds. The predicted octanol–water partition coefficient (Wildman–Crippen LogP) is 1.93. The molecule has 0 bridgehead atoms. The molecule has 1 aromatic rings. The molecule has 0 atom stereocenters. The van der Waals surface area contributed by atoms with Gasteiger partial charge in [-0.1, -0.05) is 6.92 Å². The average molecular weight is 238 g/mol. The quantitative estimate of drug-likeness (QED) is 0.850. The van der Waals surface area contributed by atoms with Crippen molar-refractivity contribution < 1.29 is 19.0 Å². The molecule has 93 valence electrons. The molecule has 0 aliphatic rings. The van der Waals surface area contributed by atoms with Gasteiger partial charge in [-0.15, -0.1) is 0 Å². The fraction of sp³-hybridized carbons (Fsp3) is 0.333. The second-order valence-electron chi connectivity index (χ2n) is 3.33. The zero-order valence-electron chi connectivity index (χ0n) is 9.99. The molecule has 0 aliphatic carbocycles. The third-order valence-electron chi connectivity index (χ3n) is 2.23. The molecular formula is C12H16NO4. The molecular weight excluding hydrogens is 222 g/mol. The Labute approximate surface area is 100 Å². The van der Waals surface area contributed by atoms with Crippen LogP contribution in [0.25, 0.3) is 0 Å². The Hall–Kier alpha value is -1.91. The van der Waals surface area contributed by atoms with Crippen LogP contribution in [-0.4, -0.2) is 20.3 Å².